The van der Waals surface area contributed by atoms with Gasteiger partial charge in [0.1, 0.15) is 0 Å². The monoisotopic (exact) mass is 536 g/mol. The Hall–Kier alpha value is -3.57. The number of rotatable bonds is 8. The molecule has 3 atom stereocenters. The van der Waals surface area contributed by atoms with E-state index in [9.17, 15) is 4.79 Å². The van der Waals surface area contributed by atoms with Crippen LogP contribution in [0, 0.1) is 31.6 Å². The molecule has 1 aliphatic heterocycles. The van der Waals surface area contributed by atoms with E-state index in [1.54, 1.807) is 0 Å². The summed E-state index contributed by atoms with van der Waals surface area (Å²) in [5.74, 6) is 1.31. The number of carbonyl (C=O) groups excluding carboxylic acids is 1. The summed E-state index contributed by atoms with van der Waals surface area (Å²) in [4.78, 5) is 15.5. The highest BCUT2D eigenvalue weighted by atomic mass is 16.5. The van der Waals surface area contributed by atoms with Gasteiger partial charge in [0, 0.05) is 38.5 Å². The highest BCUT2D eigenvalue weighted by Crippen LogP contribution is 2.49. The van der Waals surface area contributed by atoms with Gasteiger partial charge >= 0.3 is 5.97 Å². The van der Waals surface area contributed by atoms with Gasteiger partial charge in [0.05, 0.1) is 24.4 Å². The van der Waals surface area contributed by atoms with Crippen molar-refractivity contribution in [2.75, 3.05) is 31.8 Å². The van der Waals surface area contributed by atoms with Crippen molar-refractivity contribution in [1.29, 1.82) is 0 Å². The van der Waals surface area contributed by atoms with Gasteiger partial charge in [0.2, 0.25) is 0 Å². The molecule has 1 heterocycles. The van der Waals surface area contributed by atoms with E-state index in [1.807, 2.05) is 27.0 Å². The van der Waals surface area contributed by atoms with Crippen LogP contribution in [0.5, 0.6) is 0 Å². The maximum Gasteiger partial charge on any atom is 0.309 e. The Morgan fingerprint density at radius 1 is 1.15 bits per heavy atom. The Morgan fingerprint density at radius 2 is 1.93 bits per heavy atom. The Bertz CT molecular complexity index is 1440. The molecule has 1 radical (unpaired) electrons. The van der Waals surface area contributed by atoms with E-state index in [-0.39, 0.29) is 17.8 Å². The molecule has 0 aromatic heterocycles. The molecule has 0 amide bonds. The molecular formula is C35H42N3O2. The van der Waals surface area contributed by atoms with Crippen molar-refractivity contribution in [2.45, 2.75) is 53.1 Å². The van der Waals surface area contributed by atoms with Crippen LogP contribution in [0.2, 0.25) is 0 Å². The van der Waals surface area contributed by atoms with Crippen LogP contribution in [0.4, 0.5) is 11.4 Å². The highest BCUT2D eigenvalue weighted by molar-refractivity contribution is 5.95. The van der Waals surface area contributed by atoms with Crippen molar-refractivity contribution in [3.63, 3.8) is 0 Å². The summed E-state index contributed by atoms with van der Waals surface area (Å²) in [7, 11) is 3.33. The van der Waals surface area contributed by atoms with Gasteiger partial charge in [0.15, 0.2) is 0 Å². The normalized spacial score (nSPS) is 18.4. The molecule has 0 unspecified atom stereocenters. The Kier molecular flexibility index (Phi) is 8.04. The minimum absolute atomic E-state index is 0.176. The van der Waals surface area contributed by atoms with Crippen molar-refractivity contribution in [2.24, 2.45) is 11.8 Å². The molecule has 3 aromatic carbocycles. The van der Waals surface area contributed by atoms with Crippen molar-refractivity contribution in [3.8, 4) is 0 Å². The van der Waals surface area contributed by atoms with Gasteiger partial charge in [-0.05, 0) is 70.3 Å². The number of hydrogen-bond acceptors (Lipinski definition) is 5. The van der Waals surface area contributed by atoms with Gasteiger partial charge in [0.25, 0.3) is 0 Å². The zero-order valence-electron chi connectivity index (χ0n) is 24.7. The molecule has 1 aliphatic carbocycles. The van der Waals surface area contributed by atoms with Crippen LogP contribution < -0.4 is 11.1 Å². The molecule has 0 saturated heterocycles. The molecule has 5 heteroatoms. The largest absolute Gasteiger partial charge is 0.469 e. The Balaban J connectivity index is 1.52. The third-order valence-corrected chi connectivity index (χ3v) is 9.00. The van der Waals surface area contributed by atoms with Crippen LogP contribution >= 0.6 is 0 Å². The second-order valence-corrected chi connectivity index (χ2v) is 11.4. The number of methoxy groups -OCH3 is 1. The van der Waals surface area contributed by atoms with Gasteiger partial charge in [-0.25, -0.2) is 0 Å². The quantitative estimate of drug-likeness (QED) is 0.243. The van der Waals surface area contributed by atoms with Gasteiger partial charge in [-0.15, -0.1) is 0 Å². The number of nitrogens with one attached hydrogen (secondary N) is 1. The minimum Gasteiger partial charge on any atom is -0.469 e. The maximum atomic E-state index is 12.9. The van der Waals surface area contributed by atoms with Crippen molar-refractivity contribution >= 4 is 22.9 Å². The highest BCUT2D eigenvalue weighted by Gasteiger charge is 2.37. The van der Waals surface area contributed by atoms with Crippen LogP contribution in [0.1, 0.15) is 65.1 Å². The lowest BCUT2D eigenvalue weighted by Gasteiger charge is -2.31. The second kappa shape index (κ2) is 11.5. The van der Waals surface area contributed by atoms with Crippen LogP contribution in [0.25, 0.3) is 5.57 Å². The van der Waals surface area contributed by atoms with E-state index in [4.69, 9.17) is 10.5 Å². The summed E-state index contributed by atoms with van der Waals surface area (Å²) in [6.07, 6.45) is 3.52. The number of nitrogens with zero attached hydrogens (tertiary/aromatic N) is 1. The summed E-state index contributed by atoms with van der Waals surface area (Å²) in [5.41, 5.74) is 18.1. The first kappa shape index (κ1) is 28.0. The third kappa shape index (κ3) is 5.27. The van der Waals surface area contributed by atoms with Gasteiger partial charge in [-0.3, -0.25) is 9.69 Å². The van der Waals surface area contributed by atoms with Gasteiger partial charge in [-0.1, -0.05) is 74.9 Å². The fourth-order valence-electron chi connectivity index (χ4n) is 6.45. The van der Waals surface area contributed by atoms with Crippen molar-refractivity contribution in [1.82, 2.24) is 4.90 Å². The number of aryl methyl sites for hydroxylation is 1. The van der Waals surface area contributed by atoms with E-state index < -0.39 is 0 Å². The Labute approximate surface area is 239 Å². The van der Waals surface area contributed by atoms with E-state index in [0.29, 0.717) is 11.6 Å². The summed E-state index contributed by atoms with van der Waals surface area (Å²) in [6, 6.07) is 19.6. The molecule has 3 N–H and O–H groups in total. The van der Waals surface area contributed by atoms with E-state index in [2.05, 4.69) is 78.7 Å². The number of hydrogen-bond donors (Lipinski definition) is 2. The standard InChI is InChI=1S/C35H42N3O2/c1-7-24-18-38(19-26-10-8-9-11-29(26)31-17-30(24)31)20-27-16-25(13-12-21(27)2)33(23(4)35(39)40-6)28-14-15-32(37-5)34(36)22(28)3/h8-17,23-24,33,37H,7,18-20,36H2,1-6H3/t23-,24-,33+/m1/s1. The lowest BCUT2D eigenvalue weighted by atomic mass is 9.78. The fourth-order valence-corrected chi connectivity index (χ4v) is 6.45. The predicted molar refractivity (Wildman–Crippen MR) is 165 cm³/mol. The molecule has 40 heavy (non-hydrogen) atoms. The molecule has 5 rings (SSSR count). The molecule has 0 spiro atoms. The average molecular weight is 537 g/mol. The Morgan fingerprint density at radius 3 is 2.65 bits per heavy atom. The number of carbonyl (C=O) groups is 1. The summed E-state index contributed by atoms with van der Waals surface area (Å²) < 4.78 is 5.23. The first-order valence-corrected chi connectivity index (χ1v) is 14.4. The number of fused-ring (bicyclic) bond motifs is 3. The fraction of sp³-hybridized carbons (Fsp3) is 0.371. The number of esters is 1. The maximum absolute atomic E-state index is 12.9. The summed E-state index contributed by atoms with van der Waals surface area (Å²) >= 11 is 0. The van der Waals surface area contributed by atoms with Crippen LogP contribution in [-0.4, -0.2) is 31.6 Å². The average Bonchev–Trinajstić information content (AvgIpc) is 3.74. The smallest absolute Gasteiger partial charge is 0.309 e. The molecular weight excluding hydrogens is 494 g/mol. The van der Waals surface area contributed by atoms with Gasteiger partial charge in [-0.2, -0.15) is 0 Å². The molecule has 209 valence electrons. The summed E-state index contributed by atoms with van der Waals surface area (Å²) in [6.45, 7) is 11.3. The minimum atomic E-state index is -0.368. The van der Waals surface area contributed by atoms with Crippen LogP contribution in [-0.2, 0) is 22.6 Å². The van der Waals surface area contributed by atoms with E-state index in [0.717, 1.165) is 48.4 Å². The number of nitrogens with two attached hydrogens (primary N) is 1. The lowest BCUT2D eigenvalue weighted by Crippen LogP contribution is -2.31. The topological polar surface area (TPSA) is 67.6 Å². The molecule has 3 aromatic rings. The van der Waals surface area contributed by atoms with Crippen molar-refractivity contribution < 1.29 is 9.53 Å². The number of anilines is 2. The second-order valence-electron chi connectivity index (χ2n) is 11.4. The zero-order chi connectivity index (χ0) is 28.6. The molecule has 0 saturated carbocycles. The van der Waals surface area contributed by atoms with E-state index >= 15 is 0 Å². The van der Waals surface area contributed by atoms with Crippen LogP contribution in [0.3, 0.4) is 0 Å². The number of nitrogen functional groups attached to an aromatic ring is 1. The first-order chi connectivity index (χ1) is 19.3. The van der Waals surface area contributed by atoms with E-state index in [1.165, 1.54) is 40.9 Å². The van der Waals surface area contributed by atoms with Gasteiger partial charge < -0.3 is 15.8 Å². The predicted octanol–water partition coefficient (Wildman–Crippen LogP) is 6.88. The SMILES string of the molecule is CC[C@@H]1CN(Cc2cc([C@@H](c3ccc(NC)c(N)c3C)[C@@H](C)C(=O)OC)ccc2C)Cc2ccccc2C2=C[C]21. The lowest BCUT2D eigenvalue weighted by molar-refractivity contribution is -0.145. The summed E-state index contributed by atoms with van der Waals surface area (Å²) in [5, 5.41) is 3.17. The third-order valence-electron chi connectivity index (χ3n) is 9.00. The van der Waals surface area contributed by atoms with Crippen LogP contribution in [0.15, 0.2) is 60.7 Å². The molecule has 0 bridgehead atoms. The number of allylic oxidation sites excluding steroid dienone is 2. The number of benzene rings is 3. The zero-order valence-corrected chi connectivity index (χ0v) is 24.7. The van der Waals surface area contributed by atoms with Crippen molar-refractivity contribution in [3.05, 3.63) is 106 Å². The molecule has 2 aliphatic rings. The first-order valence-electron chi connectivity index (χ1n) is 14.4. The number of ether oxygens (including phenoxy) is 1. The molecule has 5 nitrogen and oxygen atoms in total. The molecule has 0 fully saturated rings.